The Balaban J connectivity index is 1.30. The Morgan fingerprint density at radius 1 is 1.12 bits per heavy atom. The fourth-order valence-electron chi connectivity index (χ4n) is 4.31. The zero-order chi connectivity index (χ0) is 17.2. The van der Waals surface area contributed by atoms with Crippen LogP contribution in [-0.2, 0) is 23.8 Å². The first-order valence-corrected chi connectivity index (χ1v) is 10.4. The molecule has 1 heterocycles. The molecule has 2 atom stereocenters. The van der Waals surface area contributed by atoms with E-state index in [2.05, 4.69) is 27.8 Å². The zero-order valence-corrected chi connectivity index (χ0v) is 15.6. The average molecular weight is 355 g/mol. The van der Waals surface area contributed by atoms with Crippen molar-refractivity contribution in [2.75, 3.05) is 19.6 Å². The number of hydrogen-bond donors (Lipinski definition) is 1. The first-order valence-electron chi connectivity index (χ1n) is 9.29. The second kappa shape index (κ2) is 7.40. The molecule has 0 saturated heterocycles. The summed E-state index contributed by atoms with van der Waals surface area (Å²) in [7, 11) is -1.11. The van der Waals surface area contributed by atoms with E-state index >= 15 is 0 Å². The van der Waals surface area contributed by atoms with Crippen LogP contribution in [0.5, 0.6) is 0 Å². The molecule has 4 heteroatoms. The lowest BCUT2D eigenvalue weighted by molar-refractivity contribution is 0.184. The van der Waals surface area contributed by atoms with Gasteiger partial charge in [0.15, 0.2) is 0 Å². The molecule has 1 aliphatic carbocycles. The Morgan fingerprint density at radius 2 is 1.92 bits per heavy atom. The van der Waals surface area contributed by atoms with Gasteiger partial charge in [-0.25, -0.2) is 8.93 Å². The Morgan fingerprint density at radius 3 is 2.76 bits per heavy atom. The van der Waals surface area contributed by atoms with E-state index in [-0.39, 0.29) is 0 Å². The lowest BCUT2D eigenvalue weighted by Gasteiger charge is -2.35. The smallest absolute Gasteiger partial charge is 0.125 e. The molecule has 1 aliphatic heterocycles. The minimum atomic E-state index is -1.11. The minimum absolute atomic E-state index is 0.613. The summed E-state index contributed by atoms with van der Waals surface area (Å²) >= 11 is 0. The van der Waals surface area contributed by atoms with Gasteiger partial charge in [0.25, 0.3) is 0 Å². The van der Waals surface area contributed by atoms with Crippen LogP contribution < -0.4 is 4.72 Å². The van der Waals surface area contributed by atoms with Crippen LogP contribution in [0.3, 0.4) is 0 Å². The van der Waals surface area contributed by atoms with Gasteiger partial charge in [0.1, 0.15) is 11.0 Å². The lowest BCUT2D eigenvalue weighted by atomic mass is 9.93. The molecule has 0 amide bonds. The SMILES string of the molecule is Cc1ccccc1S(=O)NCCCN1CCc2cccc3c2C1CC3. The highest BCUT2D eigenvalue weighted by atomic mass is 32.2. The van der Waals surface area contributed by atoms with Crippen molar-refractivity contribution in [3.05, 3.63) is 64.7 Å². The van der Waals surface area contributed by atoms with Crippen LogP contribution in [-0.4, -0.2) is 28.7 Å². The van der Waals surface area contributed by atoms with Gasteiger partial charge in [-0.2, -0.15) is 0 Å². The summed E-state index contributed by atoms with van der Waals surface area (Å²) in [5, 5.41) is 0. The molecule has 0 bridgehead atoms. The molecule has 1 N–H and O–H groups in total. The van der Waals surface area contributed by atoms with Crippen molar-refractivity contribution in [1.82, 2.24) is 9.62 Å². The number of benzene rings is 2. The van der Waals surface area contributed by atoms with Gasteiger partial charge in [-0.05, 0) is 60.9 Å². The largest absolute Gasteiger partial charge is 0.296 e. The van der Waals surface area contributed by atoms with Gasteiger partial charge in [0, 0.05) is 25.7 Å². The van der Waals surface area contributed by atoms with Crippen molar-refractivity contribution in [1.29, 1.82) is 0 Å². The van der Waals surface area contributed by atoms with Crippen LogP contribution in [0.1, 0.15) is 41.1 Å². The molecule has 4 rings (SSSR count). The van der Waals surface area contributed by atoms with Crippen molar-refractivity contribution in [2.24, 2.45) is 0 Å². The van der Waals surface area contributed by atoms with E-state index in [1.807, 2.05) is 31.2 Å². The quantitative estimate of drug-likeness (QED) is 0.805. The van der Waals surface area contributed by atoms with Crippen molar-refractivity contribution >= 4 is 11.0 Å². The third-order valence-corrected chi connectivity index (χ3v) is 6.89. The molecule has 0 saturated carbocycles. The molecule has 25 heavy (non-hydrogen) atoms. The molecule has 2 aromatic rings. The van der Waals surface area contributed by atoms with Gasteiger partial charge in [0.2, 0.25) is 0 Å². The zero-order valence-electron chi connectivity index (χ0n) is 14.8. The van der Waals surface area contributed by atoms with Crippen molar-refractivity contribution < 1.29 is 4.21 Å². The normalized spacial score (nSPS) is 20.4. The third-order valence-electron chi connectivity index (χ3n) is 5.56. The molecule has 0 aromatic heterocycles. The molecule has 2 aromatic carbocycles. The highest BCUT2D eigenvalue weighted by Gasteiger charge is 2.32. The summed E-state index contributed by atoms with van der Waals surface area (Å²) < 4.78 is 15.6. The predicted octanol–water partition coefficient (Wildman–Crippen LogP) is 3.54. The fourth-order valence-corrected chi connectivity index (χ4v) is 5.36. The van der Waals surface area contributed by atoms with E-state index in [1.54, 1.807) is 16.7 Å². The van der Waals surface area contributed by atoms with Crippen molar-refractivity contribution in [3.8, 4) is 0 Å². The molecular weight excluding hydrogens is 328 g/mol. The summed E-state index contributed by atoms with van der Waals surface area (Å²) in [5.41, 5.74) is 5.82. The van der Waals surface area contributed by atoms with Crippen molar-refractivity contribution in [2.45, 2.75) is 43.5 Å². The molecule has 3 nitrogen and oxygen atoms in total. The van der Waals surface area contributed by atoms with Gasteiger partial charge in [-0.3, -0.25) is 4.90 Å². The first kappa shape index (κ1) is 17.0. The average Bonchev–Trinajstić information content (AvgIpc) is 3.07. The van der Waals surface area contributed by atoms with Crippen LogP contribution in [0.4, 0.5) is 0 Å². The second-order valence-corrected chi connectivity index (χ2v) is 8.38. The fraction of sp³-hybridized carbons (Fsp3) is 0.429. The highest BCUT2D eigenvalue weighted by Crippen LogP contribution is 2.41. The van der Waals surface area contributed by atoms with Crippen molar-refractivity contribution in [3.63, 3.8) is 0 Å². The maximum absolute atomic E-state index is 12.4. The number of aryl methyl sites for hydroxylation is 2. The van der Waals surface area contributed by atoms with E-state index in [0.717, 1.165) is 36.5 Å². The van der Waals surface area contributed by atoms with Gasteiger partial charge < -0.3 is 0 Å². The third kappa shape index (κ3) is 3.43. The summed E-state index contributed by atoms with van der Waals surface area (Å²) in [6.45, 7) is 5.04. The number of hydrogen-bond acceptors (Lipinski definition) is 2. The monoisotopic (exact) mass is 354 g/mol. The molecular formula is C21H26N2OS. The number of nitrogens with one attached hydrogen (secondary N) is 1. The molecule has 2 aliphatic rings. The molecule has 0 radical (unpaired) electrons. The van der Waals surface area contributed by atoms with E-state index in [4.69, 9.17) is 0 Å². The Kier molecular flexibility index (Phi) is 5.02. The number of rotatable bonds is 6. The highest BCUT2D eigenvalue weighted by molar-refractivity contribution is 7.83. The summed E-state index contributed by atoms with van der Waals surface area (Å²) in [6, 6.07) is 15.3. The Labute approximate surface area is 153 Å². The van der Waals surface area contributed by atoms with Gasteiger partial charge in [-0.15, -0.1) is 0 Å². The molecule has 132 valence electrons. The predicted molar refractivity (Wildman–Crippen MR) is 103 cm³/mol. The summed E-state index contributed by atoms with van der Waals surface area (Å²) in [4.78, 5) is 3.53. The first-order chi connectivity index (χ1) is 12.2. The van der Waals surface area contributed by atoms with Crippen LogP contribution >= 0.6 is 0 Å². The maximum atomic E-state index is 12.4. The molecule has 0 spiro atoms. The Hall–Kier alpha value is -1.49. The van der Waals surface area contributed by atoms with Crippen LogP contribution in [0.15, 0.2) is 47.4 Å². The van der Waals surface area contributed by atoms with Crippen LogP contribution in [0, 0.1) is 6.92 Å². The summed E-state index contributed by atoms with van der Waals surface area (Å²) in [5.74, 6) is 0. The molecule has 2 unspecified atom stereocenters. The van der Waals surface area contributed by atoms with E-state index in [0.29, 0.717) is 6.04 Å². The number of nitrogens with zero attached hydrogens (tertiary/aromatic N) is 1. The van der Waals surface area contributed by atoms with Gasteiger partial charge in [-0.1, -0.05) is 36.4 Å². The molecule has 0 fully saturated rings. The van der Waals surface area contributed by atoms with E-state index in [9.17, 15) is 4.21 Å². The Bertz CT molecular complexity index is 789. The van der Waals surface area contributed by atoms with Gasteiger partial charge >= 0.3 is 0 Å². The van der Waals surface area contributed by atoms with Gasteiger partial charge in [0.05, 0.1) is 4.90 Å². The van der Waals surface area contributed by atoms with Crippen LogP contribution in [0.25, 0.3) is 0 Å². The van der Waals surface area contributed by atoms with E-state index in [1.165, 1.54) is 19.3 Å². The standard InChI is InChI=1S/C21H26N2OS/c1-16-6-2-3-9-20(16)25(24)22-13-5-14-23-15-12-18-8-4-7-17-10-11-19(23)21(17)18/h2-4,6-9,19,22H,5,10-15H2,1H3. The lowest BCUT2D eigenvalue weighted by Crippen LogP contribution is -2.36. The minimum Gasteiger partial charge on any atom is -0.296 e. The summed E-state index contributed by atoms with van der Waals surface area (Å²) in [6.07, 6.45) is 4.68. The van der Waals surface area contributed by atoms with Crippen LogP contribution in [0.2, 0.25) is 0 Å². The van der Waals surface area contributed by atoms with E-state index < -0.39 is 11.0 Å². The topological polar surface area (TPSA) is 32.3 Å². The second-order valence-electron chi connectivity index (χ2n) is 7.11. The maximum Gasteiger partial charge on any atom is 0.125 e.